The van der Waals surface area contributed by atoms with Crippen molar-refractivity contribution >= 4 is 37.8 Å². The Morgan fingerprint density at radius 2 is 2.20 bits per heavy atom. The van der Waals surface area contributed by atoms with E-state index in [1.807, 2.05) is 25.1 Å². The van der Waals surface area contributed by atoms with Crippen molar-refractivity contribution in [3.05, 3.63) is 27.1 Å². The monoisotopic (exact) mass is 402 g/mol. The Hall–Kier alpha value is -1.28. The number of nitrogens with zero attached hydrogens (tertiary/aromatic N) is 4. The number of hydrogen-bond acceptors (Lipinski definition) is 4. The fourth-order valence-corrected chi connectivity index (χ4v) is 2.68. The van der Waals surface area contributed by atoms with Crippen LogP contribution in [0, 0.1) is 0 Å². The lowest BCUT2D eigenvalue weighted by Gasteiger charge is -2.15. The SMILES string of the molecule is CCC(CC(=O)O)n1nnnc1-c1cc(Br)ccc1Br. The molecule has 0 fully saturated rings. The predicted molar refractivity (Wildman–Crippen MR) is 80.2 cm³/mol. The summed E-state index contributed by atoms with van der Waals surface area (Å²) in [4.78, 5) is 10.9. The molecule has 0 aliphatic carbocycles. The Morgan fingerprint density at radius 1 is 1.45 bits per heavy atom. The number of rotatable bonds is 5. The van der Waals surface area contributed by atoms with Gasteiger partial charge >= 0.3 is 5.97 Å². The summed E-state index contributed by atoms with van der Waals surface area (Å²) in [6.45, 7) is 1.91. The molecule has 6 nitrogen and oxygen atoms in total. The third-order valence-electron chi connectivity index (χ3n) is 2.89. The summed E-state index contributed by atoms with van der Waals surface area (Å²) in [6, 6.07) is 5.40. The van der Waals surface area contributed by atoms with Crippen LogP contribution in [0.2, 0.25) is 0 Å². The molecule has 0 saturated heterocycles. The van der Waals surface area contributed by atoms with Crippen LogP contribution in [0.15, 0.2) is 27.1 Å². The maximum absolute atomic E-state index is 10.9. The molecule has 8 heteroatoms. The summed E-state index contributed by atoms with van der Waals surface area (Å²) in [5.41, 5.74) is 0.813. The lowest BCUT2D eigenvalue weighted by Crippen LogP contribution is -2.15. The Morgan fingerprint density at radius 3 is 2.85 bits per heavy atom. The molecule has 0 amide bonds. The first-order valence-corrected chi connectivity index (χ1v) is 7.56. The maximum Gasteiger partial charge on any atom is 0.305 e. The van der Waals surface area contributed by atoms with Gasteiger partial charge in [0.05, 0.1) is 12.5 Å². The van der Waals surface area contributed by atoms with Crippen molar-refractivity contribution < 1.29 is 9.90 Å². The Bertz CT molecular complexity index is 630. The van der Waals surface area contributed by atoms with E-state index in [-0.39, 0.29) is 12.5 Å². The number of halogens is 2. The van der Waals surface area contributed by atoms with Gasteiger partial charge in [0, 0.05) is 14.5 Å². The van der Waals surface area contributed by atoms with Crippen molar-refractivity contribution in [1.82, 2.24) is 20.2 Å². The first-order chi connectivity index (χ1) is 9.52. The molecule has 1 aromatic heterocycles. The topological polar surface area (TPSA) is 80.9 Å². The van der Waals surface area contributed by atoms with Gasteiger partial charge in [-0.3, -0.25) is 4.79 Å². The van der Waals surface area contributed by atoms with E-state index >= 15 is 0 Å². The van der Waals surface area contributed by atoms with Gasteiger partial charge in [0.25, 0.3) is 0 Å². The van der Waals surface area contributed by atoms with Gasteiger partial charge in [-0.25, -0.2) is 4.68 Å². The molecule has 2 rings (SSSR count). The number of aromatic nitrogens is 4. The van der Waals surface area contributed by atoms with Crippen LogP contribution in [0.5, 0.6) is 0 Å². The molecular weight excluding hydrogens is 392 g/mol. The highest BCUT2D eigenvalue weighted by atomic mass is 79.9. The third kappa shape index (κ3) is 3.24. The predicted octanol–water partition coefficient (Wildman–Crippen LogP) is 3.29. The minimum Gasteiger partial charge on any atom is -0.481 e. The van der Waals surface area contributed by atoms with E-state index < -0.39 is 5.97 Å². The van der Waals surface area contributed by atoms with Gasteiger partial charge in [-0.05, 0) is 35.0 Å². The lowest BCUT2D eigenvalue weighted by atomic mass is 10.1. The molecule has 1 unspecified atom stereocenters. The highest BCUT2D eigenvalue weighted by Crippen LogP contribution is 2.31. The fourth-order valence-electron chi connectivity index (χ4n) is 1.89. The van der Waals surface area contributed by atoms with Gasteiger partial charge in [0.2, 0.25) is 0 Å². The quantitative estimate of drug-likeness (QED) is 0.828. The van der Waals surface area contributed by atoms with Crippen molar-refractivity contribution in [3.8, 4) is 11.4 Å². The van der Waals surface area contributed by atoms with E-state index in [0.717, 1.165) is 14.5 Å². The first kappa shape index (κ1) is 15.1. The molecule has 106 valence electrons. The molecule has 1 atom stereocenters. The van der Waals surface area contributed by atoms with E-state index in [0.29, 0.717) is 12.2 Å². The molecule has 1 heterocycles. The fraction of sp³-hybridized carbons (Fsp3) is 0.333. The number of aliphatic carboxylic acids is 1. The van der Waals surface area contributed by atoms with E-state index in [9.17, 15) is 4.79 Å². The number of hydrogen-bond donors (Lipinski definition) is 1. The number of carbonyl (C=O) groups is 1. The Kier molecular flexibility index (Phi) is 4.87. The maximum atomic E-state index is 10.9. The van der Waals surface area contributed by atoms with Crippen molar-refractivity contribution in [1.29, 1.82) is 0 Å². The molecule has 20 heavy (non-hydrogen) atoms. The van der Waals surface area contributed by atoms with Gasteiger partial charge in [0.15, 0.2) is 5.82 Å². The van der Waals surface area contributed by atoms with Crippen LogP contribution < -0.4 is 0 Å². The molecule has 2 aromatic rings. The highest BCUT2D eigenvalue weighted by Gasteiger charge is 2.21. The minimum absolute atomic E-state index is 0.0137. The van der Waals surface area contributed by atoms with Crippen LogP contribution in [0.3, 0.4) is 0 Å². The molecule has 0 spiro atoms. The number of carboxylic acids is 1. The van der Waals surface area contributed by atoms with Crippen molar-refractivity contribution in [2.75, 3.05) is 0 Å². The van der Waals surface area contributed by atoms with Gasteiger partial charge in [-0.1, -0.05) is 38.8 Å². The number of tetrazole rings is 1. The molecule has 0 aliphatic rings. The average Bonchev–Trinajstić information content (AvgIpc) is 2.87. The number of benzene rings is 1. The highest BCUT2D eigenvalue weighted by molar-refractivity contribution is 9.11. The molecule has 0 bridgehead atoms. The molecule has 1 N–H and O–H groups in total. The number of carboxylic acid groups (broad SMARTS) is 1. The van der Waals surface area contributed by atoms with Crippen LogP contribution in [-0.4, -0.2) is 31.3 Å². The zero-order valence-corrected chi connectivity index (χ0v) is 13.8. The zero-order valence-electron chi connectivity index (χ0n) is 10.6. The van der Waals surface area contributed by atoms with Gasteiger partial charge < -0.3 is 5.11 Å². The van der Waals surface area contributed by atoms with Crippen LogP contribution in [0.4, 0.5) is 0 Å². The average molecular weight is 404 g/mol. The van der Waals surface area contributed by atoms with Crippen LogP contribution in [0.25, 0.3) is 11.4 Å². The standard InChI is InChI=1S/C12H12Br2N4O2/c1-2-8(6-11(19)20)18-12(15-16-17-18)9-5-7(13)3-4-10(9)14/h3-5,8H,2,6H2,1H3,(H,19,20). The van der Waals surface area contributed by atoms with Crippen molar-refractivity contribution in [2.45, 2.75) is 25.8 Å². The second kappa shape index (κ2) is 6.45. The van der Waals surface area contributed by atoms with Gasteiger partial charge in [-0.15, -0.1) is 5.10 Å². The third-order valence-corrected chi connectivity index (χ3v) is 4.07. The second-order valence-corrected chi connectivity index (χ2v) is 6.00. The van der Waals surface area contributed by atoms with Crippen LogP contribution >= 0.6 is 31.9 Å². The van der Waals surface area contributed by atoms with Gasteiger partial charge in [-0.2, -0.15) is 0 Å². The van der Waals surface area contributed by atoms with E-state index in [1.54, 1.807) is 4.68 Å². The summed E-state index contributed by atoms with van der Waals surface area (Å²) in [5.74, 6) is -0.321. The zero-order chi connectivity index (χ0) is 14.7. The largest absolute Gasteiger partial charge is 0.481 e. The second-order valence-electron chi connectivity index (χ2n) is 4.23. The normalized spacial score (nSPS) is 12.3. The molecule has 0 aliphatic heterocycles. The van der Waals surface area contributed by atoms with Gasteiger partial charge in [0.1, 0.15) is 0 Å². The molecule has 0 radical (unpaired) electrons. The summed E-state index contributed by atoms with van der Waals surface area (Å²) >= 11 is 6.87. The van der Waals surface area contributed by atoms with E-state index in [1.165, 1.54) is 0 Å². The first-order valence-electron chi connectivity index (χ1n) is 5.98. The van der Waals surface area contributed by atoms with Crippen molar-refractivity contribution in [3.63, 3.8) is 0 Å². The summed E-state index contributed by atoms with van der Waals surface area (Å²) in [7, 11) is 0. The molecule has 0 saturated carbocycles. The van der Waals surface area contributed by atoms with Crippen LogP contribution in [0.1, 0.15) is 25.8 Å². The van der Waals surface area contributed by atoms with E-state index in [2.05, 4.69) is 47.4 Å². The Balaban J connectivity index is 2.46. The minimum atomic E-state index is -0.869. The smallest absolute Gasteiger partial charge is 0.305 e. The lowest BCUT2D eigenvalue weighted by molar-refractivity contribution is -0.138. The van der Waals surface area contributed by atoms with E-state index in [4.69, 9.17) is 5.11 Å². The Labute approximate surface area is 132 Å². The summed E-state index contributed by atoms with van der Waals surface area (Å²) in [5, 5.41) is 20.6. The summed E-state index contributed by atoms with van der Waals surface area (Å²) in [6.07, 6.45) is 0.621. The van der Waals surface area contributed by atoms with Crippen molar-refractivity contribution in [2.24, 2.45) is 0 Å². The van der Waals surface area contributed by atoms with Crippen LogP contribution in [-0.2, 0) is 4.79 Å². The molecule has 1 aromatic carbocycles. The molecular formula is C12H12Br2N4O2. The summed E-state index contributed by atoms with van der Waals surface area (Å²) < 4.78 is 3.32.